The molecule has 0 unspecified atom stereocenters. The fourth-order valence-electron chi connectivity index (χ4n) is 4.82. The molecule has 2 N–H and O–H groups in total. The van der Waals surface area contributed by atoms with Crippen molar-refractivity contribution in [2.75, 3.05) is 13.1 Å². The third-order valence-corrected chi connectivity index (χ3v) is 6.05. The van der Waals surface area contributed by atoms with Gasteiger partial charge in [0.15, 0.2) is 5.65 Å². The molecule has 2 aromatic heterocycles. The number of likely N-dealkylation sites (tertiary alicyclic amines) is 1. The molecule has 0 radical (unpaired) electrons. The number of hydrogen-bond acceptors (Lipinski definition) is 4. The Hall–Kier alpha value is -1.95. The van der Waals surface area contributed by atoms with Gasteiger partial charge in [-0.15, -0.1) is 0 Å². The second kappa shape index (κ2) is 4.32. The lowest BCUT2D eigenvalue weighted by Gasteiger charge is -2.66. The maximum absolute atomic E-state index is 10.9. The average Bonchev–Trinajstić information content (AvgIpc) is 2.95. The third-order valence-electron chi connectivity index (χ3n) is 6.05. The van der Waals surface area contributed by atoms with Crippen LogP contribution < -0.4 is 0 Å². The quantitative estimate of drug-likeness (QED) is 0.841. The lowest BCUT2D eigenvalue weighted by Crippen LogP contribution is -2.69. The average molecular weight is 312 g/mol. The number of carbonyl (C=O) groups is 1. The molecule has 0 atom stereocenters. The Morgan fingerprint density at radius 1 is 1.30 bits per heavy atom. The van der Waals surface area contributed by atoms with Crippen LogP contribution in [0.4, 0.5) is 0 Å². The predicted molar refractivity (Wildman–Crippen MR) is 84.0 cm³/mol. The highest BCUT2D eigenvalue weighted by molar-refractivity contribution is 5.76. The van der Waals surface area contributed by atoms with Crippen molar-refractivity contribution in [1.29, 1.82) is 0 Å². The predicted octanol–water partition coefficient (Wildman–Crippen LogP) is 1.46. The maximum Gasteiger partial charge on any atom is 0.209 e. The first kappa shape index (κ1) is 13.5. The molecular formula is C17H20N4O2. The lowest BCUT2D eigenvalue weighted by atomic mass is 9.41. The van der Waals surface area contributed by atoms with Crippen LogP contribution in [0, 0.1) is 0 Å². The van der Waals surface area contributed by atoms with Crippen molar-refractivity contribution in [3.8, 4) is 0 Å². The van der Waals surface area contributed by atoms with Gasteiger partial charge in [0.1, 0.15) is 5.82 Å². The SMILES string of the molecule is O=CN1CCC(c2ccnc3nc(C45CC(O)(C4)C5)[nH]c23)CC1. The first-order chi connectivity index (χ1) is 11.1. The van der Waals surface area contributed by atoms with Crippen molar-refractivity contribution in [1.82, 2.24) is 19.9 Å². The van der Waals surface area contributed by atoms with E-state index in [9.17, 15) is 9.90 Å². The first-order valence-electron chi connectivity index (χ1n) is 8.38. The van der Waals surface area contributed by atoms with Gasteiger partial charge in [-0.1, -0.05) is 0 Å². The van der Waals surface area contributed by atoms with Crippen LogP contribution in [-0.2, 0) is 10.2 Å². The Labute approximate surface area is 133 Å². The van der Waals surface area contributed by atoms with Crippen molar-refractivity contribution in [2.24, 2.45) is 0 Å². The number of aliphatic hydroxyl groups is 1. The number of piperidine rings is 1. The summed E-state index contributed by atoms with van der Waals surface area (Å²) in [7, 11) is 0. The van der Waals surface area contributed by atoms with Crippen LogP contribution in [0.1, 0.15) is 49.4 Å². The van der Waals surface area contributed by atoms with E-state index in [1.807, 2.05) is 11.1 Å². The monoisotopic (exact) mass is 312 g/mol. The summed E-state index contributed by atoms with van der Waals surface area (Å²) in [5, 5.41) is 10.00. The van der Waals surface area contributed by atoms with Crippen LogP contribution in [0.15, 0.2) is 12.3 Å². The zero-order chi connectivity index (χ0) is 15.7. The standard InChI is InChI=1S/C17H20N4O2/c22-10-21-5-2-11(3-6-21)12-1-4-18-14-13(12)19-15(20-14)16-7-17(23,8-16)9-16/h1,4,10-11,23H,2-3,5-9H2,(H,18,19,20). The van der Waals surface area contributed by atoms with Gasteiger partial charge < -0.3 is 15.0 Å². The number of nitrogens with one attached hydrogen (secondary N) is 1. The second-order valence-corrected chi connectivity index (χ2v) is 7.63. The molecule has 0 spiro atoms. The van der Waals surface area contributed by atoms with Gasteiger partial charge >= 0.3 is 0 Å². The summed E-state index contributed by atoms with van der Waals surface area (Å²) in [6.45, 7) is 1.63. The number of H-pyrrole nitrogens is 1. The first-order valence-corrected chi connectivity index (χ1v) is 8.38. The number of aromatic nitrogens is 3. The van der Waals surface area contributed by atoms with Crippen molar-refractivity contribution < 1.29 is 9.90 Å². The molecule has 2 bridgehead atoms. The number of rotatable bonds is 3. The van der Waals surface area contributed by atoms with Gasteiger partial charge in [-0.05, 0) is 49.7 Å². The van der Waals surface area contributed by atoms with Crippen LogP contribution in [0.25, 0.3) is 11.2 Å². The number of aromatic amines is 1. The number of nitrogens with zero attached hydrogens (tertiary/aromatic N) is 3. The van der Waals surface area contributed by atoms with E-state index in [0.29, 0.717) is 5.92 Å². The Kier molecular flexibility index (Phi) is 2.53. The van der Waals surface area contributed by atoms with Gasteiger partial charge in [-0.25, -0.2) is 9.97 Å². The van der Waals surface area contributed by atoms with E-state index in [1.165, 1.54) is 5.56 Å². The highest BCUT2D eigenvalue weighted by Crippen LogP contribution is 2.67. The van der Waals surface area contributed by atoms with Crippen LogP contribution in [-0.4, -0.2) is 50.1 Å². The Morgan fingerprint density at radius 2 is 2.04 bits per heavy atom. The third kappa shape index (κ3) is 1.81. The Morgan fingerprint density at radius 3 is 2.70 bits per heavy atom. The smallest absolute Gasteiger partial charge is 0.209 e. The zero-order valence-electron chi connectivity index (χ0n) is 13.0. The van der Waals surface area contributed by atoms with Gasteiger partial charge in [0, 0.05) is 24.7 Å². The molecule has 3 saturated carbocycles. The molecule has 0 aromatic carbocycles. The molecule has 3 aliphatic carbocycles. The maximum atomic E-state index is 10.9. The summed E-state index contributed by atoms with van der Waals surface area (Å²) in [6, 6.07) is 2.08. The normalized spacial score (nSPS) is 33.3. The molecule has 23 heavy (non-hydrogen) atoms. The summed E-state index contributed by atoms with van der Waals surface area (Å²) < 4.78 is 0. The number of amides is 1. The van der Waals surface area contributed by atoms with E-state index in [2.05, 4.69) is 16.0 Å². The molecule has 6 heteroatoms. The Bertz CT molecular complexity index is 771. The molecule has 4 fully saturated rings. The molecule has 1 aliphatic heterocycles. The van der Waals surface area contributed by atoms with Crippen LogP contribution >= 0.6 is 0 Å². The van der Waals surface area contributed by atoms with E-state index >= 15 is 0 Å². The van der Waals surface area contributed by atoms with E-state index in [4.69, 9.17) is 4.98 Å². The van der Waals surface area contributed by atoms with Gasteiger partial charge in [-0.2, -0.15) is 0 Å². The highest BCUT2D eigenvalue weighted by Gasteiger charge is 2.69. The molecular weight excluding hydrogens is 292 g/mol. The zero-order valence-corrected chi connectivity index (χ0v) is 13.0. The van der Waals surface area contributed by atoms with Gasteiger partial charge in [0.05, 0.1) is 11.1 Å². The topological polar surface area (TPSA) is 82.1 Å². The minimum Gasteiger partial charge on any atom is -0.390 e. The second-order valence-electron chi connectivity index (χ2n) is 7.63. The van der Waals surface area contributed by atoms with E-state index in [-0.39, 0.29) is 5.41 Å². The van der Waals surface area contributed by atoms with E-state index in [0.717, 1.165) is 68.6 Å². The molecule has 2 aromatic rings. The molecule has 4 aliphatic rings. The van der Waals surface area contributed by atoms with Crippen molar-refractivity contribution in [3.05, 3.63) is 23.7 Å². The summed E-state index contributed by atoms with van der Waals surface area (Å²) in [4.78, 5) is 25.4. The van der Waals surface area contributed by atoms with Crippen LogP contribution in [0.5, 0.6) is 0 Å². The largest absolute Gasteiger partial charge is 0.390 e. The minimum atomic E-state index is -0.420. The summed E-state index contributed by atoms with van der Waals surface area (Å²) >= 11 is 0. The van der Waals surface area contributed by atoms with Crippen molar-refractivity contribution in [2.45, 2.75) is 49.0 Å². The number of hydrogen-bond donors (Lipinski definition) is 2. The minimum absolute atomic E-state index is 0.0631. The molecule has 6 nitrogen and oxygen atoms in total. The highest BCUT2D eigenvalue weighted by atomic mass is 16.3. The molecule has 3 heterocycles. The number of imidazole rings is 1. The van der Waals surface area contributed by atoms with Crippen molar-refractivity contribution in [3.63, 3.8) is 0 Å². The fraction of sp³-hybridized carbons (Fsp3) is 0.588. The van der Waals surface area contributed by atoms with Crippen LogP contribution in [0.3, 0.4) is 0 Å². The van der Waals surface area contributed by atoms with Gasteiger partial charge in [0.25, 0.3) is 0 Å². The molecule has 1 saturated heterocycles. The van der Waals surface area contributed by atoms with E-state index in [1.54, 1.807) is 0 Å². The number of pyridine rings is 1. The molecule has 120 valence electrons. The summed E-state index contributed by atoms with van der Waals surface area (Å²) in [6.07, 6.45) is 7.23. The van der Waals surface area contributed by atoms with Gasteiger partial charge in [-0.3, -0.25) is 4.79 Å². The lowest BCUT2D eigenvalue weighted by molar-refractivity contribution is -0.216. The number of fused-ring (bicyclic) bond motifs is 1. The number of carbonyl (C=O) groups excluding carboxylic acids is 1. The molecule has 1 amide bonds. The fourth-order valence-corrected chi connectivity index (χ4v) is 4.82. The van der Waals surface area contributed by atoms with E-state index < -0.39 is 5.60 Å². The Balaban J connectivity index is 1.48. The summed E-state index contributed by atoms with van der Waals surface area (Å²) in [5.74, 6) is 1.44. The molecule has 6 rings (SSSR count). The van der Waals surface area contributed by atoms with Gasteiger partial charge in [0.2, 0.25) is 6.41 Å². The van der Waals surface area contributed by atoms with Crippen molar-refractivity contribution >= 4 is 17.6 Å². The van der Waals surface area contributed by atoms with Crippen LogP contribution in [0.2, 0.25) is 0 Å². The summed E-state index contributed by atoms with van der Waals surface area (Å²) in [5.41, 5.74) is 2.74.